The van der Waals surface area contributed by atoms with Gasteiger partial charge in [0.15, 0.2) is 0 Å². The first-order valence-electron chi connectivity index (χ1n) is 8.32. The van der Waals surface area contributed by atoms with E-state index in [2.05, 4.69) is 21.2 Å². The molecule has 1 N–H and O–H groups in total. The fraction of sp³-hybridized carbons (Fsp3) is 0.316. The third-order valence-corrected chi connectivity index (χ3v) is 7.14. The molecule has 0 aromatic heterocycles. The molecule has 0 atom stereocenters. The monoisotopic (exact) mass is 436 g/mol. The fourth-order valence-electron chi connectivity index (χ4n) is 3.00. The molecule has 0 spiro atoms. The van der Waals surface area contributed by atoms with Crippen LogP contribution in [0.2, 0.25) is 0 Å². The van der Waals surface area contributed by atoms with E-state index in [1.54, 1.807) is 24.3 Å². The number of nitrogens with zero attached hydrogens (tertiary/aromatic N) is 1. The molecule has 1 amide bonds. The molecule has 2 aromatic rings. The normalized spacial score (nSPS) is 15.7. The second kappa shape index (κ2) is 7.13. The van der Waals surface area contributed by atoms with E-state index in [1.807, 2.05) is 24.3 Å². The summed E-state index contributed by atoms with van der Waals surface area (Å²) in [5, 5.41) is 2.93. The first kappa shape index (κ1) is 19.1. The van der Waals surface area contributed by atoms with Crippen LogP contribution in [0.3, 0.4) is 0 Å². The van der Waals surface area contributed by atoms with Crippen LogP contribution in [0.5, 0.6) is 0 Å². The van der Waals surface area contributed by atoms with E-state index in [0.29, 0.717) is 5.56 Å². The van der Waals surface area contributed by atoms with Gasteiger partial charge in [-0.1, -0.05) is 46.3 Å². The number of carbonyl (C=O) groups excluding carboxylic acids is 1. The van der Waals surface area contributed by atoms with Crippen LogP contribution in [0.15, 0.2) is 57.9 Å². The Labute approximate surface area is 162 Å². The summed E-state index contributed by atoms with van der Waals surface area (Å²) in [6.45, 7) is 0.178. The zero-order chi connectivity index (χ0) is 18.9. The van der Waals surface area contributed by atoms with E-state index in [0.717, 1.165) is 22.9 Å². The average Bonchev–Trinajstić information content (AvgIpc) is 3.42. The number of benzene rings is 2. The van der Waals surface area contributed by atoms with Gasteiger partial charge >= 0.3 is 0 Å². The van der Waals surface area contributed by atoms with Gasteiger partial charge in [-0.05, 0) is 42.2 Å². The zero-order valence-electron chi connectivity index (χ0n) is 14.7. The second-order valence-corrected chi connectivity index (χ2v) is 9.71. The van der Waals surface area contributed by atoms with Crippen LogP contribution in [0.4, 0.5) is 0 Å². The Hall–Kier alpha value is -1.70. The molecule has 3 rings (SSSR count). The Morgan fingerprint density at radius 3 is 2.46 bits per heavy atom. The lowest BCUT2D eigenvalue weighted by molar-refractivity contribution is -0.123. The van der Waals surface area contributed by atoms with Crippen molar-refractivity contribution in [1.82, 2.24) is 9.62 Å². The van der Waals surface area contributed by atoms with Crippen molar-refractivity contribution in [3.8, 4) is 0 Å². The minimum atomic E-state index is -3.56. The molecule has 1 fully saturated rings. The molecular weight excluding hydrogens is 416 g/mol. The van der Waals surface area contributed by atoms with Crippen molar-refractivity contribution in [2.24, 2.45) is 0 Å². The first-order chi connectivity index (χ1) is 12.3. The highest BCUT2D eigenvalue weighted by Gasteiger charge is 2.51. The summed E-state index contributed by atoms with van der Waals surface area (Å²) < 4.78 is 27.1. The highest BCUT2D eigenvalue weighted by atomic mass is 79.9. The third-order valence-electron chi connectivity index (χ3n) is 4.73. The Bertz CT molecular complexity index is 937. The van der Waals surface area contributed by atoms with E-state index in [4.69, 9.17) is 0 Å². The molecule has 138 valence electrons. The van der Waals surface area contributed by atoms with Crippen molar-refractivity contribution in [2.75, 3.05) is 14.1 Å². The number of hydrogen-bond donors (Lipinski definition) is 1. The maximum Gasteiger partial charge on any atom is 0.242 e. The molecule has 0 radical (unpaired) electrons. The number of halogens is 1. The van der Waals surface area contributed by atoms with Crippen LogP contribution in [0.1, 0.15) is 24.0 Å². The molecule has 26 heavy (non-hydrogen) atoms. The number of sulfonamides is 1. The molecule has 1 aliphatic carbocycles. The predicted molar refractivity (Wildman–Crippen MR) is 104 cm³/mol. The Morgan fingerprint density at radius 2 is 1.85 bits per heavy atom. The largest absolute Gasteiger partial charge is 0.351 e. The number of amides is 1. The summed E-state index contributed by atoms with van der Waals surface area (Å²) in [4.78, 5) is 13.0. The molecule has 0 saturated heterocycles. The van der Waals surface area contributed by atoms with Crippen LogP contribution in [-0.2, 0) is 26.8 Å². The molecular formula is C19H21BrN2O3S. The fourth-order valence-corrected chi connectivity index (χ4v) is 4.52. The molecule has 0 heterocycles. The van der Waals surface area contributed by atoms with Gasteiger partial charge in [0.25, 0.3) is 0 Å². The van der Waals surface area contributed by atoms with E-state index in [1.165, 1.54) is 18.4 Å². The average molecular weight is 437 g/mol. The second-order valence-electron chi connectivity index (χ2n) is 6.67. The summed E-state index contributed by atoms with van der Waals surface area (Å²) in [6.07, 6.45) is 1.60. The number of nitrogens with one attached hydrogen (secondary N) is 1. The molecule has 7 heteroatoms. The standard InChI is InChI=1S/C19H21BrN2O3S/c1-22(2)26(24,25)17-9-4-3-6-14(17)13-21-18(23)19(10-11-19)15-7-5-8-16(20)12-15/h3-9,12H,10-11,13H2,1-2H3,(H,21,23). The van der Waals surface area contributed by atoms with Gasteiger partial charge in [0.2, 0.25) is 15.9 Å². The van der Waals surface area contributed by atoms with E-state index < -0.39 is 15.4 Å². The minimum absolute atomic E-state index is 0.0624. The van der Waals surface area contributed by atoms with Crippen molar-refractivity contribution < 1.29 is 13.2 Å². The number of carbonyl (C=O) groups is 1. The number of hydrogen-bond acceptors (Lipinski definition) is 3. The van der Waals surface area contributed by atoms with Crippen LogP contribution >= 0.6 is 15.9 Å². The van der Waals surface area contributed by atoms with Gasteiger partial charge in [-0.15, -0.1) is 0 Å². The Kier molecular flexibility index (Phi) is 5.23. The maximum absolute atomic E-state index is 12.8. The highest BCUT2D eigenvalue weighted by Crippen LogP contribution is 2.48. The molecule has 1 saturated carbocycles. The number of rotatable bonds is 6. The minimum Gasteiger partial charge on any atom is -0.351 e. The van der Waals surface area contributed by atoms with Crippen molar-refractivity contribution in [3.63, 3.8) is 0 Å². The van der Waals surface area contributed by atoms with E-state index in [-0.39, 0.29) is 17.3 Å². The predicted octanol–water partition coefficient (Wildman–Crippen LogP) is 3.05. The van der Waals surface area contributed by atoms with Crippen LogP contribution in [0.25, 0.3) is 0 Å². The van der Waals surface area contributed by atoms with Crippen molar-refractivity contribution in [1.29, 1.82) is 0 Å². The van der Waals surface area contributed by atoms with Crippen molar-refractivity contribution >= 4 is 31.9 Å². The summed E-state index contributed by atoms with van der Waals surface area (Å²) >= 11 is 3.45. The molecule has 0 unspecified atom stereocenters. The van der Waals surface area contributed by atoms with Crippen molar-refractivity contribution in [3.05, 3.63) is 64.1 Å². The smallest absolute Gasteiger partial charge is 0.242 e. The molecule has 1 aliphatic rings. The van der Waals surface area contributed by atoms with E-state index >= 15 is 0 Å². The van der Waals surface area contributed by atoms with E-state index in [9.17, 15) is 13.2 Å². The van der Waals surface area contributed by atoms with Gasteiger partial charge in [-0.3, -0.25) is 4.79 Å². The Balaban J connectivity index is 1.79. The Morgan fingerprint density at radius 1 is 1.15 bits per heavy atom. The van der Waals surface area contributed by atoms with Gasteiger partial charge in [0.05, 0.1) is 10.3 Å². The third kappa shape index (κ3) is 3.56. The lowest BCUT2D eigenvalue weighted by atomic mass is 9.95. The van der Waals surface area contributed by atoms with Gasteiger partial charge in [0.1, 0.15) is 0 Å². The SMILES string of the molecule is CN(C)S(=O)(=O)c1ccccc1CNC(=O)C1(c2cccc(Br)c2)CC1. The van der Waals surface area contributed by atoms with Crippen LogP contribution in [-0.4, -0.2) is 32.7 Å². The summed E-state index contributed by atoms with van der Waals surface area (Å²) in [5.41, 5.74) is 1.07. The van der Waals surface area contributed by atoms with Crippen molar-refractivity contribution in [2.45, 2.75) is 29.7 Å². The summed E-state index contributed by atoms with van der Waals surface area (Å²) in [7, 11) is -0.563. The summed E-state index contributed by atoms with van der Waals surface area (Å²) in [6, 6.07) is 14.5. The van der Waals surface area contributed by atoms with Crippen LogP contribution in [0, 0.1) is 0 Å². The maximum atomic E-state index is 12.8. The molecule has 0 bridgehead atoms. The van der Waals surface area contributed by atoms with Gasteiger partial charge in [-0.2, -0.15) is 0 Å². The first-order valence-corrected chi connectivity index (χ1v) is 10.6. The topological polar surface area (TPSA) is 66.5 Å². The summed E-state index contributed by atoms with van der Waals surface area (Å²) in [5.74, 6) is -0.0624. The lowest BCUT2D eigenvalue weighted by Gasteiger charge is -2.18. The van der Waals surface area contributed by atoms with Gasteiger partial charge < -0.3 is 5.32 Å². The van der Waals surface area contributed by atoms with Crippen LogP contribution < -0.4 is 5.32 Å². The highest BCUT2D eigenvalue weighted by molar-refractivity contribution is 9.10. The van der Waals surface area contributed by atoms with Gasteiger partial charge in [-0.25, -0.2) is 12.7 Å². The lowest BCUT2D eigenvalue weighted by Crippen LogP contribution is -2.35. The quantitative estimate of drug-likeness (QED) is 0.756. The zero-order valence-corrected chi connectivity index (χ0v) is 17.1. The molecule has 5 nitrogen and oxygen atoms in total. The molecule has 0 aliphatic heterocycles. The van der Waals surface area contributed by atoms with Gasteiger partial charge in [0, 0.05) is 25.1 Å². The molecule has 2 aromatic carbocycles.